The average Bonchev–Trinajstić information content (AvgIpc) is 1.67. The number of nitrogens with one attached hydrogen (secondary N) is 1. The van der Waals surface area contributed by atoms with Gasteiger partial charge in [-0.05, 0) is 111 Å². The normalized spacial score (nSPS) is 49.0. The molecule has 2 bridgehead atoms. The monoisotopic (exact) mass is 1170 g/mol. The molecule has 4 heterocycles. The second-order valence-electron chi connectivity index (χ2n) is 26.7. The van der Waals surface area contributed by atoms with Crippen LogP contribution in [0.1, 0.15) is 121 Å². The Kier molecular flexibility index (Phi) is 19.6. The fourth-order valence-corrected chi connectivity index (χ4v) is 16.8. The molecule has 8 fully saturated rings. The SMILES string of the molecule is CC(=O)OC(C)C(C)C(=O)OCC12C3CC(C)(C)[C@H](O[C@@H]1C[C@]1(C)C3=CCC3C4(C)CCC(O[C@@H]5O[C@H](C(=O)O)[C@@H](O[C@H]6O[C@H](CO)[C@@H](O)[C@H](O)[C@H]6O)[C@H](O)[C@H]5O[C@@H]5OC[C@@H](O)[C@H](O)[C@H]5O)[C@](C)(CO)C4CCC31C)C2O.CCNCC. The van der Waals surface area contributed by atoms with E-state index in [0.717, 1.165) is 13.1 Å². The van der Waals surface area contributed by atoms with Crippen molar-refractivity contribution in [3.05, 3.63) is 11.6 Å². The van der Waals surface area contributed by atoms with Crippen molar-refractivity contribution in [3.8, 4) is 0 Å². The predicted molar refractivity (Wildman–Crippen MR) is 285 cm³/mol. The molecule has 5 aliphatic carbocycles. The fraction of sp³-hybridized carbons (Fsp3) is 0.914. The van der Waals surface area contributed by atoms with Crippen LogP contribution in [0.2, 0.25) is 0 Å². The van der Waals surface area contributed by atoms with Gasteiger partial charge in [-0.15, -0.1) is 0 Å². The first kappa shape index (κ1) is 65.4. The molecule has 28 atom stereocenters. The van der Waals surface area contributed by atoms with Crippen molar-refractivity contribution in [1.82, 2.24) is 5.32 Å². The number of carbonyl (C=O) groups excluding carboxylic acids is 2. The highest BCUT2D eigenvalue weighted by Gasteiger charge is 2.76. The zero-order valence-corrected chi connectivity index (χ0v) is 49.4. The number of hydrogen-bond acceptors (Lipinski definition) is 23. The Morgan fingerprint density at radius 3 is 2.02 bits per heavy atom. The number of carboxylic acids is 1. The van der Waals surface area contributed by atoms with Gasteiger partial charge in [-0.25, -0.2) is 4.79 Å². The maximum Gasteiger partial charge on any atom is 0.335 e. The van der Waals surface area contributed by atoms with Gasteiger partial charge >= 0.3 is 17.9 Å². The highest BCUT2D eigenvalue weighted by molar-refractivity contribution is 5.74. The van der Waals surface area contributed by atoms with E-state index in [1.807, 2.05) is 6.92 Å². The van der Waals surface area contributed by atoms with Gasteiger partial charge in [0.05, 0.1) is 55.6 Å². The first-order valence-corrected chi connectivity index (χ1v) is 29.6. The molecule has 0 amide bonds. The van der Waals surface area contributed by atoms with Crippen molar-refractivity contribution in [3.63, 3.8) is 0 Å². The molecule has 0 aromatic carbocycles. The summed E-state index contributed by atoms with van der Waals surface area (Å²) in [7, 11) is 0. The van der Waals surface area contributed by atoms with E-state index in [1.165, 1.54) is 12.5 Å². The third-order valence-electron chi connectivity index (χ3n) is 21.8. The van der Waals surface area contributed by atoms with Crippen LogP contribution in [-0.2, 0) is 57.0 Å². The lowest BCUT2D eigenvalue weighted by atomic mass is 9.33. The van der Waals surface area contributed by atoms with Crippen molar-refractivity contribution in [2.24, 2.45) is 56.2 Å². The molecule has 0 radical (unpaired) electrons. The summed E-state index contributed by atoms with van der Waals surface area (Å²) < 4.78 is 54.3. The van der Waals surface area contributed by atoms with Gasteiger partial charge in [0.2, 0.25) is 0 Å². The molecule has 0 aromatic heterocycles. The molecule has 24 nitrogen and oxygen atoms in total. The van der Waals surface area contributed by atoms with Gasteiger partial charge in [0.15, 0.2) is 25.0 Å². The minimum Gasteiger partial charge on any atom is -0.479 e. The maximum atomic E-state index is 13.6. The zero-order valence-electron chi connectivity index (χ0n) is 49.4. The molecule has 0 spiro atoms. The topological polar surface area (TPSA) is 369 Å². The van der Waals surface area contributed by atoms with Crippen LogP contribution < -0.4 is 5.32 Å². The van der Waals surface area contributed by atoms with E-state index in [2.05, 4.69) is 59.9 Å². The van der Waals surface area contributed by atoms with Crippen molar-refractivity contribution >= 4 is 17.9 Å². The number of ether oxygens (including phenoxy) is 9. The summed E-state index contributed by atoms with van der Waals surface area (Å²) in [5.74, 6) is -3.82. The lowest BCUT2D eigenvalue weighted by molar-refractivity contribution is -0.387. The van der Waals surface area contributed by atoms with Gasteiger partial charge < -0.3 is 104 Å². The van der Waals surface area contributed by atoms with Crippen molar-refractivity contribution in [2.75, 3.05) is 39.5 Å². The van der Waals surface area contributed by atoms with Crippen molar-refractivity contribution in [2.45, 2.75) is 238 Å². The van der Waals surface area contributed by atoms with E-state index < -0.39 is 181 Å². The van der Waals surface area contributed by atoms with Crippen LogP contribution in [0.4, 0.5) is 0 Å². The Labute approximate surface area is 480 Å². The largest absolute Gasteiger partial charge is 0.479 e. The van der Waals surface area contributed by atoms with Crippen LogP contribution in [0.25, 0.3) is 0 Å². The highest BCUT2D eigenvalue weighted by Crippen LogP contribution is 2.77. The van der Waals surface area contributed by atoms with Crippen molar-refractivity contribution < 1.29 is 113 Å². The summed E-state index contributed by atoms with van der Waals surface area (Å²) in [6.07, 6.45) is -22.8. The standard InChI is InChI=1S/C54H84O23.C4H11N/c1-22(23(2)71-24(3)57)45(68)70-21-54-26-16-49(4,5)43(42(54)65)73-32(54)17-53(9)25(26)10-11-30-50(6)14-13-31(51(7,20-56)29(50)12-15-52(30,53)8)74-48-40(76-46-36(62)33(59)27(58)19-69-46)38(64)39(41(77-48)44(66)67)75-47-37(63)35(61)34(60)28(18-55)72-47;1-3-5-4-2/h10,22-23,26-43,46-48,55-56,58-65H,11-21H2,1-9H3,(H,66,67);5H,3-4H2,1-2H3/t22?,23?,26?,27-,28-,29?,30?,31?,32-,33+,34-,35+,36-,37-,38+,39+,40-,41+,42?,43-,46+,47-,48-,50?,51-,52?,53-,54?;/m1./s1. The molecule has 4 aliphatic heterocycles. The summed E-state index contributed by atoms with van der Waals surface area (Å²) in [6, 6.07) is 0. The third-order valence-corrected chi connectivity index (χ3v) is 21.8. The number of fused-ring (bicyclic) bond motifs is 7. The van der Waals surface area contributed by atoms with Crippen LogP contribution in [0, 0.1) is 56.2 Å². The molecule has 82 heavy (non-hydrogen) atoms. The van der Waals surface area contributed by atoms with E-state index in [9.17, 15) is 70.6 Å². The maximum absolute atomic E-state index is 13.6. The average molecular weight is 1170 g/mol. The highest BCUT2D eigenvalue weighted by atomic mass is 16.8. The van der Waals surface area contributed by atoms with Crippen molar-refractivity contribution in [1.29, 1.82) is 0 Å². The summed E-state index contributed by atoms with van der Waals surface area (Å²) in [6.45, 7) is 22.2. The number of hydrogen-bond donors (Lipinski definition) is 12. The summed E-state index contributed by atoms with van der Waals surface area (Å²) in [5.41, 5.74) is -2.40. The Balaban J connectivity index is 0.00000169. The van der Waals surface area contributed by atoms with E-state index in [0.29, 0.717) is 44.9 Å². The Hall–Kier alpha value is -2.57. The lowest BCUT2D eigenvalue weighted by Crippen LogP contribution is -2.69. The van der Waals surface area contributed by atoms with Gasteiger partial charge in [0, 0.05) is 12.3 Å². The van der Waals surface area contributed by atoms with E-state index in [-0.39, 0.29) is 36.4 Å². The number of aliphatic carboxylic acids is 1. The van der Waals surface area contributed by atoms with E-state index in [4.69, 9.17) is 42.6 Å². The Bertz CT molecular complexity index is 2290. The number of aliphatic hydroxyl groups excluding tert-OH is 10. The Morgan fingerprint density at radius 1 is 0.756 bits per heavy atom. The number of esters is 2. The number of allylic oxidation sites excluding steroid dienone is 2. The molecule has 9 aliphatic rings. The third kappa shape index (κ3) is 10.9. The summed E-state index contributed by atoms with van der Waals surface area (Å²) >= 11 is 0. The second kappa shape index (κ2) is 24.5. The van der Waals surface area contributed by atoms with Gasteiger partial charge in [0.25, 0.3) is 0 Å². The molecule has 4 saturated heterocycles. The van der Waals surface area contributed by atoms with Crippen LogP contribution in [0.5, 0.6) is 0 Å². The van der Waals surface area contributed by atoms with Crippen LogP contribution in [-0.4, -0.2) is 230 Å². The predicted octanol–water partition coefficient (Wildman–Crippen LogP) is 0.0301. The molecule has 9 rings (SSSR count). The molecule has 0 aromatic rings. The van der Waals surface area contributed by atoms with Crippen LogP contribution >= 0.6 is 0 Å². The lowest BCUT2D eigenvalue weighted by Gasteiger charge is -2.71. The minimum absolute atomic E-state index is 0.0482. The molecular formula is C58H95NO23. The van der Waals surface area contributed by atoms with Crippen LogP contribution in [0.3, 0.4) is 0 Å². The number of aliphatic hydroxyl groups is 10. The molecule has 12 N–H and O–H groups in total. The van der Waals surface area contributed by atoms with Gasteiger partial charge in [-0.1, -0.05) is 67.0 Å². The van der Waals surface area contributed by atoms with E-state index >= 15 is 0 Å². The Morgan fingerprint density at radius 2 is 1.41 bits per heavy atom. The number of carbonyl (C=O) groups is 3. The molecular weight excluding hydrogens is 1080 g/mol. The first-order valence-electron chi connectivity index (χ1n) is 29.6. The number of rotatable bonds is 16. The molecule has 10 unspecified atom stereocenters. The first-order chi connectivity index (χ1) is 38.4. The van der Waals surface area contributed by atoms with E-state index in [1.54, 1.807) is 13.8 Å². The molecule has 24 heteroatoms. The van der Waals surface area contributed by atoms with Crippen LogP contribution in [0.15, 0.2) is 11.6 Å². The molecule has 4 saturated carbocycles. The summed E-state index contributed by atoms with van der Waals surface area (Å²) in [4.78, 5) is 38.4. The van der Waals surface area contributed by atoms with Gasteiger partial charge in [-0.3, -0.25) is 9.59 Å². The molecule has 470 valence electrons. The smallest absolute Gasteiger partial charge is 0.335 e. The fourth-order valence-electron chi connectivity index (χ4n) is 16.8. The quantitative estimate of drug-likeness (QED) is 0.0551. The second-order valence-corrected chi connectivity index (χ2v) is 26.7. The zero-order chi connectivity index (χ0) is 60.6. The van der Waals surface area contributed by atoms with Gasteiger partial charge in [-0.2, -0.15) is 0 Å². The minimum atomic E-state index is -2.09. The summed E-state index contributed by atoms with van der Waals surface area (Å²) in [5, 5.41) is 123. The van der Waals surface area contributed by atoms with Gasteiger partial charge in [0.1, 0.15) is 73.8 Å². The number of carboxylic acid groups (broad SMARTS) is 1.